The molecule has 2 aromatic carbocycles. The third kappa shape index (κ3) is 6.84. The van der Waals surface area contributed by atoms with Crippen LogP contribution in [0.25, 0.3) is 5.69 Å². The normalized spacial score (nSPS) is 10.6. The molecule has 0 aliphatic carbocycles. The Morgan fingerprint density at radius 1 is 1.15 bits per heavy atom. The first kappa shape index (κ1) is 25.3. The van der Waals surface area contributed by atoms with Gasteiger partial charge in [-0.05, 0) is 51.7 Å². The fraction of sp³-hybridized carbons (Fsp3) is 0.227. The number of hydrogen-bond donors (Lipinski definition) is 1. The maximum atomic E-state index is 6.48. The second-order valence-electron chi connectivity index (χ2n) is 6.71. The SMILES string of the molecule is COc1cc(CNCCSc2nnnn2-c2ccccc2)cc(Cl)c1OCc1cccs1.Cl. The first-order valence-corrected chi connectivity index (χ1v) is 12.2. The van der Waals surface area contributed by atoms with Crippen LogP contribution in [0, 0.1) is 0 Å². The number of thioether (sulfide) groups is 1. The van der Waals surface area contributed by atoms with E-state index in [2.05, 4.69) is 20.8 Å². The number of halogens is 2. The van der Waals surface area contributed by atoms with Gasteiger partial charge in [-0.3, -0.25) is 0 Å². The van der Waals surface area contributed by atoms with Gasteiger partial charge in [0.25, 0.3) is 0 Å². The molecule has 4 rings (SSSR count). The predicted octanol–water partition coefficient (Wildman–Crippen LogP) is 5.27. The van der Waals surface area contributed by atoms with Gasteiger partial charge in [0.05, 0.1) is 17.8 Å². The topological polar surface area (TPSA) is 74.1 Å². The molecule has 4 aromatic rings. The average Bonchev–Trinajstić information content (AvgIpc) is 3.50. The number of thiophene rings is 1. The summed E-state index contributed by atoms with van der Waals surface area (Å²) in [4.78, 5) is 1.13. The molecule has 2 aromatic heterocycles. The molecule has 7 nitrogen and oxygen atoms in total. The van der Waals surface area contributed by atoms with Gasteiger partial charge in [-0.15, -0.1) is 28.8 Å². The van der Waals surface area contributed by atoms with E-state index in [1.165, 1.54) is 0 Å². The standard InChI is InChI=1S/C22H22ClN5O2S2.ClH/c1-29-20-13-16(12-19(23)21(20)30-15-18-8-5-10-31-18)14-24-9-11-32-22-25-26-27-28(22)17-6-3-2-4-7-17;/h2-8,10,12-13,24H,9,11,14-15H2,1H3;1H. The maximum absolute atomic E-state index is 6.48. The summed E-state index contributed by atoms with van der Waals surface area (Å²) in [5, 5.41) is 18.7. The van der Waals surface area contributed by atoms with E-state index in [1.54, 1.807) is 34.9 Å². The largest absolute Gasteiger partial charge is 0.493 e. The molecule has 0 spiro atoms. The zero-order valence-electron chi connectivity index (χ0n) is 17.8. The van der Waals surface area contributed by atoms with E-state index in [-0.39, 0.29) is 12.4 Å². The molecule has 11 heteroatoms. The van der Waals surface area contributed by atoms with Crippen molar-refractivity contribution in [2.24, 2.45) is 0 Å². The summed E-state index contributed by atoms with van der Waals surface area (Å²) in [7, 11) is 1.62. The molecule has 33 heavy (non-hydrogen) atoms. The van der Waals surface area contributed by atoms with E-state index in [0.717, 1.165) is 33.6 Å². The van der Waals surface area contributed by atoms with Gasteiger partial charge >= 0.3 is 0 Å². The molecular weight excluding hydrogens is 501 g/mol. The van der Waals surface area contributed by atoms with Gasteiger partial charge < -0.3 is 14.8 Å². The van der Waals surface area contributed by atoms with Crippen molar-refractivity contribution in [3.63, 3.8) is 0 Å². The van der Waals surface area contributed by atoms with Crippen molar-refractivity contribution in [3.05, 3.63) is 75.4 Å². The molecule has 0 bridgehead atoms. The lowest BCUT2D eigenvalue weighted by Gasteiger charge is -2.14. The Labute approximate surface area is 211 Å². The van der Waals surface area contributed by atoms with E-state index in [4.69, 9.17) is 21.1 Å². The Balaban J connectivity index is 0.00000306. The molecule has 0 amide bonds. The van der Waals surface area contributed by atoms with E-state index < -0.39 is 0 Å². The van der Waals surface area contributed by atoms with E-state index in [1.807, 2.05) is 60.0 Å². The minimum Gasteiger partial charge on any atom is -0.493 e. The molecule has 0 aliphatic rings. The summed E-state index contributed by atoms with van der Waals surface area (Å²) < 4.78 is 13.1. The van der Waals surface area contributed by atoms with Gasteiger partial charge in [0.2, 0.25) is 5.16 Å². The second kappa shape index (κ2) is 12.8. The summed E-state index contributed by atoms with van der Waals surface area (Å²) in [6.45, 7) is 1.90. The number of aromatic nitrogens is 4. The fourth-order valence-corrected chi connectivity index (χ4v) is 4.69. The Kier molecular flexibility index (Phi) is 9.83. The Hall–Kier alpha value is -2.30. The first-order chi connectivity index (χ1) is 15.7. The van der Waals surface area contributed by atoms with Crippen molar-refractivity contribution in [1.82, 2.24) is 25.5 Å². The van der Waals surface area contributed by atoms with Crippen molar-refractivity contribution >= 4 is 47.1 Å². The summed E-state index contributed by atoms with van der Waals surface area (Å²) in [6, 6.07) is 17.7. The predicted molar refractivity (Wildman–Crippen MR) is 135 cm³/mol. The van der Waals surface area contributed by atoms with Gasteiger partial charge in [-0.25, -0.2) is 0 Å². The van der Waals surface area contributed by atoms with Crippen molar-refractivity contribution in [2.75, 3.05) is 19.4 Å². The van der Waals surface area contributed by atoms with Gasteiger partial charge in [-0.1, -0.05) is 47.6 Å². The Bertz CT molecular complexity index is 1130. The number of hydrogen-bond acceptors (Lipinski definition) is 8. The zero-order valence-corrected chi connectivity index (χ0v) is 21.0. The molecule has 0 aliphatic heterocycles. The molecular formula is C22H23Cl2N5O2S2. The van der Waals surface area contributed by atoms with Gasteiger partial charge in [0.1, 0.15) is 6.61 Å². The molecule has 0 fully saturated rings. The minimum atomic E-state index is 0. The van der Waals surface area contributed by atoms with E-state index >= 15 is 0 Å². The van der Waals surface area contributed by atoms with Crippen LogP contribution in [-0.2, 0) is 13.2 Å². The highest BCUT2D eigenvalue weighted by atomic mass is 35.5. The fourth-order valence-electron chi connectivity index (χ4n) is 3.00. The van der Waals surface area contributed by atoms with Crippen molar-refractivity contribution < 1.29 is 9.47 Å². The zero-order chi connectivity index (χ0) is 22.2. The van der Waals surface area contributed by atoms with Crippen LogP contribution in [-0.4, -0.2) is 39.6 Å². The Morgan fingerprint density at radius 2 is 2.00 bits per heavy atom. The monoisotopic (exact) mass is 523 g/mol. The minimum absolute atomic E-state index is 0. The molecule has 2 heterocycles. The van der Waals surface area contributed by atoms with Crippen LogP contribution in [0.5, 0.6) is 11.5 Å². The highest BCUT2D eigenvalue weighted by Crippen LogP contribution is 2.37. The summed E-state index contributed by atoms with van der Waals surface area (Å²) >= 11 is 9.72. The smallest absolute Gasteiger partial charge is 0.214 e. The molecule has 0 saturated carbocycles. The quantitative estimate of drug-likeness (QED) is 0.212. The lowest BCUT2D eigenvalue weighted by atomic mass is 10.2. The number of nitrogens with one attached hydrogen (secondary N) is 1. The number of tetrazole rings is 1. The number of rotatable bonds is 11. The Morgan fingerprint density at radius 3 is 2.76 bits per heavy atom. The van der Waals surface area contributed by atoms with Gasteiger partial charge in [-0.2, -0.15) is 4.68 Å². The molecule has 0 atom stereocenters. The van der Waals surface area contributed by atoms with Crippen LogP contribution >= 0.6 is 47.1 Å². The van der Waals surface area contributed by atoms with Crippen molar-refractivity contribution in [2.45, 2.75) is 18.3 Å². The maximum Gasteiger partial charge on any atom is 0.214 e. The lowest BCUT2D eigenvalue weighted by Crippen LogP contribution is -2.17. The number of ether oxygens (including phenoxy) is 2. The van der Waals surface area contributed by atoms with E-state index in [9.17, 15) is 0 Å². The number of nitrogens with zero attached hydrogens (tertiary/aromatic N) is 4. The van der Waals surface area contributed by atoms with Crippen LogP contribution in [0.4, 0.5) is 0 Å². The molecule has 0 radical (unpaired) electrons. The van der Waals surface area contributed by atoms with Crippen LogP contribution < -0.4 is 14.8 Å². The highest BCUT2D eigenvalue weighted by Gasteiger charge is 2.13. The van der Waals surface area contributed by atoms with Crippen molar-refractivity contribution in [3.8, 4) is 17.2 Å². The number of para-hydroxylation sites is 1. The van der Waals surface area contributed by atoms with Crippen LogP contribution in [0.1, 0.15) is 10.4 Å². The van der Waals surface area contributed by atoms with Gasteiger partial charge in [0.15, 0.2) is 11.5 Å². The number of benzene rings is 2. The first-order valence-electron chi connectivity index (χ1n) is 9.93. The van der Waals surface area contributed by atoms with Gasteiger partial charge in [0, 0.05) is 23.7 Å². The summed E-state index contributed by atoms with van der Waals surface area (Å²) in [6.07, 6.45) is 0. The third-order valence-corrected chi connectivity index (χ3v) is 6.56. The molecule has 1 N–H and O–H groups in total. The summed E-state index contributed by atoms with van der Waals surface area (Å²) in [5.74, 6) is 2.01. The van der Waals surface area contributed by atoms with E-state index in [0.29, 0.717) is 29.7 Å². The lowest BCUT2D eigenvalue weighted by molar-refractivity contribution is 0.287. The van der Waals surface area contributed by atoms with Crippen LogP contribution in [0.3, 0.4) is 0 Å². The third-order valence-electron chi connectivity index (χ3n) is 4.51. The molecule has 0 saturated heterocycles. The molecule has 174 valence electrons. The molecule has 0 unspecified atom stereocenters. The van der Waals surface area contributed by atoms with Crippen molar-refractivity contribution in [1.29, 1.82) is 0 Å². The highest BCUT2D eigenvalue weighted by molar-refractivity contribution is 7.99. The summed E-state index contributed by atoms with van der Waals surface area (Å²) in [5.41, 5.74) is 1.96. The average molecular weight is 524 g/mol. The van der Waals surface area contributed by atoms with Crippen LogP contribution in [0.15, 0.2) is 65.1 Å². The second-order valence-corrected chi connectivity index (χ2v) is 9.21. The van der Waals surface area contributed by atoms with Crippen LogP contribution in [0.2, 0.25) is 5.02 Å². The number of methoxy groups -OCH3 is 1.